The number of H-pyrrole nitrogens is 2. The van der Waals surface area contributed by atoms with Crippen molar-refractivity contribution in [2.24, 2.45) is 17.8 Å². The van der Waals surface area contributed by atoms with E-state index in [-0.39, 0.29) is 103 Å². The number of allylic oxidation sites excluding steroid dienone is 2. The predicted molar refractivity (Wildman–Crippen MR) is 154 cm³/mol. The number of carbonyl (C=O) groups is 1. The predicted octanol–water partition coefficient (Wildman–Crippen LogP) is 5.39. The molecule has 1 fully saturated rings. The number of aromatic amines is 2. The molecule has 1 aliphatic heterocycles. The number of fused-ring (bicyclic) bond motifs is 3. The van der Waals surface area contributed by atoms with E-state index < -0.39 is 5.56 Å². The molecule has 41 heavy (non-hydrogen) atoms. The average molecular weight is 721 g/mol. The Labute approximate surface area is 296 Å². The maximum atomic E-state index is 12.0. The zero-order valence-electron chi connectivity index (χ0n) is 25.9. The molecule has 0 bridgehead atoms. The zero-order valence-corrected chi connectivity index (χ0v) is 31.6. The van der Waals surface area contributed by atoms with E-state index in [0.717, 1.165) is 43.6 Å². The van der Waals surface area contributed by atoms with Gasteiger partial charge < -0.3 is 59.0 Å². The molecule has 11 heteroatoms. The molecule has 4 rings (SSSR count). The van der Waals surface area contributed by atoms with E-state index in [2.05, 4.69) is 80.2 Å². The van der Waals surface area contributed by atoms with Crippen molar-refractivity contribution >= 4 is 6.29 Å². The van der Waals surface area contributed by atoms with Crippen LogP contribution in [0.15, 0.2) is 27.3 Å². The molecule has 0 amide bonds. The smallest absolute Gasteiger partial charge is 0.143 e. The summed E-state index contributed by atoms with van der Waals surface area (Å²) in [7, 11) is 0. The summed E-state index contributed by atoms with van der Waals surface area (Å²) < 4.78 is 5.94. The summed E-state index contributed by atoms with van der Waals surface area (Å²) >= 11 is 0. The zero-order chi connectivity index (χ0) is 27.6. The van der Waals surface area contributed by atoms with Gasteiger partial charge in [-0.25, -0.2) is 0 Å². The van der Waals surface area contributed by atoms with Crippen LogP contribution in [-0.4, -0.2) is 36.9 Å². The minimum absolute atomic E-state index is 0. The molecule has 3 N–H and O–H groups in total. The number of aromatic hydroxyl groups is 1. The van der Waals surface area contributed by atoms with Gasteiger partial charge in [-0.05, 0) is 82.8 Å². The number of nitrogens with one attached hydrogen (secondary N) is 2. The van der Waals surface area contributed by atoms with Gasteiger partial charge in [-0.15, -0.1) is 0 Å². The van der Waals surface area contributed by atoms with E-state index in [4.69, 9.17) is 9.84 Å². The summed E-state index contributed by atoms with van der Waals surface area (Å²) in [6, 6.07) is 0.969. The van der Waals surface area contributed by atoms with Crippen LogP contribution in [0.1, 0.15) is 91.5 Å². The van der Waals surface area contributed by atoms with Crippen molar-refractivity contribution in [3.8, 4) is 11.8 Å². The number of aromatic nitrogens is 4. The van der Waals surface area contributed by atoms with Crippen LogP contribution in [0.25, 0.3) is 0 Å². The van der Waals surface area contributed by atoms with Crippen LogP contribution in [-0.2, 0) is 70.2 Å². The molecule has 4 atom stereocenters. The van der Waals surface area contributed by atoms with Crippen LogP contribution in [0.4, 0.5) is 0 Å². The summed E-state index contributed by atoms with van der Waals surface area (Å²) in [5, 5.41) is 8.45. The van der Waals surface area contributed by atoms with E-state index in [9.17, 15) is 14.4 Å². The monoisotopic (exact) mass is 720 g/mol. The van der Waals surface area contributed by atoms with Crippen LogP contribution in [0.3, 0.4) is 0 Å². The van der Waals surface area contributed by atoms with Gasteiger partial charge in [-0.3, -0.25) is 0 Å². The molecule has 1 aliphatic carbocycles. The first-order valence-electron chi connectivity index (χ1n) is 12.9. The molecule has 3 heterocycles. The molecule has 4 unspecified atom stereocenters. The van der Waals surface area contributed by atoms with Crippen LogP contribution in [0.5, 0.6) is 11.8 Å². The Kier molecular flexibility index (Phi) is 23.4. The first kappa shape index (κ1) is 44.4. The van der Waals surface area contributed by atoms with Crippen molar-refractivity contribution < 1.29 is 80.1 Å². The van der Waals surface area contributed by atoms with Crippen molar-refractivity contribution in [2.75, 3.05) is 0 Å². The normalized spacial score (nSPS) is 19.6. The molecule has 226 valence electrons. The van der Waals surface area contributed by atoms with Gasteiger partial charge in [0.1, 0.15) is 29.2 Å². The SMILES string of the molecule is CC(C)=CCCC(C)CC=O.CC1CCC2C(C1)c1c(n[c-][nH]c1=O)OC2(C)C.O=c1cc(O)n[c-][nH]1.[CH3-].[CH3-].[Y].[Y]. The fraction of sp³-hybridized carbons (Fsp3) is 0.567. The van der Waals surface area contributed by atoms with Gasteiger partial charge in [0.25, 0.3) is 0 Å². The Hall–Kier alpha value is -1.02. The maximum Gasteiger partial charge on any atom is 0.143 e. The second-order valence-corrected chi connectivity index (χ2v) is 10.8. The Morgan fingerprint density at radius 2 is 1.80 bits per heavy atom. The summed E-state index contributed by atoms with van der Waals surface area (Å²) in [6.45, 7) is 12.8. The molecule has 9 nitrogen and oxygen atoms in total. The van der Waals surface area contributed by atoms with Crippen molar-refractivity contribution in [3.63, 3.8) is 0 Å². The molecule has 1 saturated carbocycles. The average Bonchev–Trinajstić information content (AvgIpc) is 2.79. The number of nitrogens with zero attached hydrogens (tertiary/aromatic N) is 2. The van der Waals surface area contributed by atoms with Gasteiger partial charge in [0.15, 0.2) is 0 Å². The van der Waals surface area contributed by atoms with Crippen molar-refractivity contribution in [1.29, 1.82) is 0 Å². The summed E-state index contributed by atoms with van der Waals surface area (Å²) in [5.41, 5.74) is 1.37. The number of ether oxygens (including phenoxy) is 1. The van der Waals surface area contributed by atoms with Gasteiger partial charge in [0, 0.05) is 90.4 Å². The van der Waals surface area contributed by atoms with Gasteiger partial charge >= 0.3 is 0 Å². The third-order valence-electron chi connectivity index (χ3n) is 6.86. The molecular weight excluding hydrogens is 674 g/mol. The number of carbonyl (C=O) groups excluding carboxylic acids is 1. The van der Waals surface area contributed by atoms with Crippen molar-refractivity contribution in [1.82, 2.24) is 19.9 Å². The third kappa shape index (κ3) is 14.8. The number of hydrogen-bond acceptors (Lipinski definition) is 7. The van der Waals surface area contributed by atoms with E-state index >= 15 is 0 Å². The molecule has 2 aromatic heterocycles. The standard InChI is InChI=1S/C14H19N2O2.C10H18O.C4H3N2O2.2CH3.2Y/c1-8-4-5-10-9(6-8)11-12(17)15-7-16-13(11)18-14(10,2)3;1-9(2)5-4-6-10(3)7-8-11;7-3-1-4(8)6-2-5-3;;;;/h8-10H,4-6H2,1-3H3,(H,15,16,17);5,8,10H,4,6-7H2,1-3H3;1H,(H2,5,6,7,8);2*1H3;;/q-1;;3*-1;;. The number of aldehydes is 1. The Morgan fingerprint density at radius 3 is 2.34 bits per heavy atom. The Balaban J connectivity index is -0.000000549. The first-order chi connectivity index (χ1) is 17.4. The van der Waals surface area contributed by atoms with Crippen LogP contribution < -0.4 is 15.9 Å². The first-order valence-corrected chi connectivity index (χ1v) is 12.9. The molecule has 0 saturated heterocycles. The Bertz CT molecular complexity index is 1160. The minimum atomic E-state index is -0.405. The summed E-state index contributed by atoms with van der Waals surface area (Å²) in [6.07, 6.45) is 14.2. The number of rotatable bonds is 5. The van der Waals surface area contributed by atoms with E-state index in [1.807, 2.05) is 0 Å². The topological polar surface area (TPSA) is 138 Å². The molecule has 0 spiro atoms. The Morgan fingerprint density at radius 1 is 1.17 bits per heavy atom. The van der Waals surface area contributed by atoms with Gasteiger partial charge in [0.2, 0.25) is 0 Å². The second kappa shape index (κ2) is 21.6. The van der Waals surface area contributed by atoms with E-state index in [0.29, 0.717) is 30.1 Å². The van der Waals surface area contributed by atoms with Crippen LogP contribution in [0, 0.1) is 45.3 Å². The maximum absolute atomic E-state index is 12.0. The molecule has 2 aliphatic rings. The van der Waals surface area contributed by atoms with E-state index in [1.54, 1.807) is 0 Å². The minimum Gasteiger partial charge on any atom is -0.550 e. The van der Waals surface area contributed by atoms with Crippen LogP contribution >= 0.6 is 0 Å². The largest absolute Gasteiger partial charge is 0.550 e. The number of hydrogen-bond donors (Lipinski definition) is 3. The molecule has 0 aromatic carbocycles. The quantitative estimate of drug-likeness (QED) is 0.214. The molecular formula is C30H46N4O5Y2-4. The van der Waals surface area contributed by atoms with Crippen molar-refractivity contribution in [3.05, 3.63) is 71.5 Å². The fourth-order valence-electron chi connectivity index (χ4n) is 4.88. The summed E-state index contributed by atoms with van der Waals surface area (Å²) in [4.78, 5) is 44.3. The van der Waals surface area contributed by atoms with Gasteiger partial charge in [0.05, 0.1) is 5.60 Å². The third-order valence-corrected chi connectivity index (χ3v) is 6.86. The second-order valence-electron chi connectivity index (χ2n) is 10.8. The molecule has 2 aromatic rings. The van der Waals surface area contributed by atoms with Crippen molar-refractivity contribution in [2.45, 2.75) is 91.6 Å². The summed E-state index contributed by atoms with van der Waals surface area (Å²) in [5.74, 6) is 2.07. The molecule has 2 radical (unpaired) electrons. The fourth-order valence-corrected chi connectivity index (χ4v) is 4.88. The van der Waals surface area contributed by atoms with E-state index in [1.165, 1.54) is 12.0 Å². The van der Waals surface area contributed by atoms with Gasteiger partial charge in [-0.2, -0.15) is 0 Å². The van der Waals surface area contributed by atoms with Crippen LogP contribution in [0.2, 0.25) is 0 Å². The van der Waals surface area contributed by atoms with Gasteiger partial charge in [-0.1, -0.05) is 31.9 Å².